The summed E-state index contributed by atoms with van der Waals surface area (Å²) in [5, 5.41) is 8.12. The molecule has 1 heterocycles. The minimum absolute atomic E-state index is 0.282. The number of alkyl halides is 1. The van der Waals surface area contributed by atoms with E-state index in [9.17, 15) is 0 Å². The first-order valence-electron chi connectivity index (χ1n) is 4.78. The van der Waals surface area contributed by atoms with Crippen molar-refractivity contribution in [3.8, 4) is 0 Å². The minimum Gasteiger partial charge on any atom is -0.309 e. The fourth-order valence-corrected chi connectivity index (χ4v) is 1.36. The summed E-state index contributed by atoms with van der Waals surface area (Å²) in [5.41, 5.74) is 0.995. The maximum Gasteiger partial charge on any atom is 0.0960 e. The number of halogens is 1. The number of hydrogen-bond acceptors (Lipinski definition) is 3. The Kier molecular flexibility index (Phi) is 4.54. The van der Waals surface area contributed by atoms with Crippen LogP contribution in [-0.4, -0.2) is 40.5 Å². The van der Waals surface area contributed by atoms with Crippen molar-refractivity contribution in [2.24, 2.45) is 0 Å². The van der Waals surface area contributed by atoms with Crippen molar-refractivity contribution >= 4 is 15.9 Å². The molecule has 1 aromatic heterocycles. The summed E-state index contributed by atoms with van der Waals surface area (Å²) in [4.78, 5) is 2.45. The topological polar surface area (TPSA) is 34.0 Å². The third kappa shape index (κ3) is 3.75. The van der Waals surface area contributed by atoms with Crippen molar-refractivity contribution in [2.45, 2.75) is 24.7 Å². The van der Waals surface area contributed by atoms with Gasteiger partial charge in [-0.15, -0.1) is 5.10 Å². The second-order valence-electron chi connectivity index (χ2n) is 3.68. The zero-order chi connectivity index (χ0) is 10.6. The van der Waals surface area contributed by atoms with Gasteiger partial charge < -0.3 is 4.90 Å². The van der Waals surface area contributed by atoms with Crippen LogP contribution in [0.25, 0.3) is 0 Å². The molecule has 4 nitrogen and oxygen atoms in total. The highest BCUT2D eigenvalue weighted by Gasteiger charge is 2.05. The third-order valence-electron chi connectivity index (χ3n) is 1.96. The summed E-state index contributed by atoms with van der Waals surface area (Å²) in [5.74, 6) is 0. The monoisotopic (exact) mass is 260 g/mol. The van der Waals surface area contributed by atoms with Crippen LogP contribution >= 0.6 is 15.9 Å². The van der Waals surface area contributed by atoms with E-state index in [-0.39, 0.29) is 4.83 Å². The van der Waals surface area contributed by atoms with E-state index in [0.717, 1.165) is 25.2 Å². The van der Waals surface area contributed by atoms with Gasteiger partial charge in [-0.1, -0.05) is 21.1 Å². The molecule has 14 heavy (non-hydrogen) atoms. The van der Waals surface area contributed by atoms with Crippen molar-refractivity contribution in [2.75, 3.05) is 20.6 Å². The predicted octanol–water partition coefficient (Wildman–Crippen LogP) is 1.69. The lowest BCUT2D eigenvalue weighted by molar-refractivity contribution is 0.379. The standard InChI is InChI=1S/C9H17BrN4/c1-8(10)9-7-14(12-11-9)6-4-5-13(2)3/h7-8H,4-6H2,1-3H3. The Morgan fingerprint density at radius 3 is 2.79 bits per heavy atom. The summed E-state index contributed by atoms with van der Waals surface area (Å²) in [6, 6.07) is 0. The largest absolute Gasteiger partial charge is 0.309 e. The van der Waals surface area contributed by atoms with Gasteiger partial charge in [-0.25, -0.2) is 0 Å². The summed E-state index contributed by atoms with van der Waals surface area (Å²) >= 11 is 3.46. The number of aromatic nitrogens is 3. The highest BCUT2D eigenvalue weighted by molar-refractivity contribution is 9.09. The lowest BCUT2D eigenvalue weighted by atomic mass is 10.3. The highest BCUT2D eigenvalue weighted by atomic mass is 79.9. The molecule has 5 heteroatoms. The van der Waals surface area contributed by atoms with E-state index < -0.39 is 0 Å². The van der Waals surface area contributed by atoms with Gasteiger partial charge in [0.15, 0.2) is 0 Å². The molecule has 0 saturated carbocycles. The van der Waals surface area contributed by atoms with E-state index in [0.29, 0.717) is 0 Å². The van der Waals surface area contributed by atoms with Gasteiger partial charge in [0.1, 0.15) is 0 Å². The Balaban J connectivity index is 2.36. The average molecular weight is 261 g/mol. The molecule has 0 amide bonds. The second kappa shape index (κ2) is 5.46. The molecule has 0 aliphatic rings. The normalized spacial score (nSPS) is 13.5. The number of nitrogens with zero attached hydrogens (tertiary/aromatic N) is 4. The van der Waals surface area contributed by atoms with Gasteiger partial charge in [0.2, 0.25) is 0 Å². The summed E-state index contributed by atoms with van der Waals surface area (Å²) < 4.78 is 1.90. The molecule has 0 spiro atoms. The molecule has 0 aliphatic carbocycles. The first kappa shape index (κ1) is 11.7. The molecule has 0 saturated heterocycles. The number of hydrogen-bond donors (Lipinski definition) is 0. The summed E-state index contributed by atoms with van der Waals surface area (Å²) in [6.45, 7) is 4.07. The van der Waals surface area contributed by atoms with Crippen molar-refractivity contribution in [3.63, 3.8) is 0 Å². The Bertz CT molecular complexity index is 270. The molecular weight excluding hydrogens is 244 g/mol. The number of aryl methyl sites for hydroxylation is 1. The highest BCUT2D eigenvalue weighted by Crippen LogP contribution is 2.17. The van der Waals surface area contributed by atoms with Gasteiger partial charge in [-0.3, -0.25) is 4.68 Å². The van der Waals surface area contributed by atoms with Gasteiger partial charge in [0.25, 0.3) is 0 Å². The Morgan fingerprint density at radius 2 is 2.29 bits per heavy atom. The molecule has 0 bridgehead atoms. The zero-order valence-electron chi connectivity index (χ0n) is 8.94. The Hall–Kier alpha value is -0.420. The lowest BCUT2D eigenvalue weighted by Gasteiger charge is -2.08. The molecule has 1 aromatic rings. The third-order valence-corrected chi connectivity index (χ3v) is 2.43. The first-order valence-corrected chi connectivity index (χ1v) is 5.70. The van der Waals surface area contributed by atoms with Gasteiger partial charge in [-0.05, 0) is 34.0 Å². The Morgan fingerprint density at radius 1 is 1.57 bits per heavy atom. The van der Waals surface area contributed by atoms with Gasteiger partial charge in [0.05, 0.1) is 10.5 Å². The molecule has 1 rings (SSSR count). The van der Waals surface area contributed by atoms with E-state index in [2.05, 4.69) is 45.2 Å². The molecule has 1 atom stereocenters. The van der Waals surface area contributed by atoms with Crippen LogP contribution in [0.5, 0.6) is 0 Å². The fraction of sp³-hybridized carbons (Fsp3) is 0.778. The molecule has 0 aliphatic heterocycles. The minimum atomic E-state index is 0.282. The van der Waals surface area contributed by atoms with Crippen molar-refractivity contribution in [1.82, 2.24) is 19.9 Å². The lowest BCUT2D eigenvalue weighted by Crippen LogP contribution is -2.15. The zero-order valence-corrected chi connectivity index (χ0v) is 10.5. The van der Waals surface area contributed by atoms with E-state index in [1.807, 2.05) is 17.8 Å². The van der Waals surface area contributed by atoms with Crippen LogP contribution < -0.4 is 0 Å². The van der Waals surface area contributed by atoms with Gasteiger partial charge in [0, 0.05) is 12.7 Å². The van der Waals surface area contributed by atoms with Crippen molar-refractivity contribution in [3.05, 3.63) is 11.9 Å². The predicted molar refractivity (Wildman–Crippen MR) is 60.5 cm³/mol. The van der Waals surface area contributed by atoms with Crippen LogP contribution in [0.15, 0.2) is 6.20 Å². The molecule has 0 fully saturated rings. The summed E-state index contributed by atoms with van der Waals surface area (Å²) in [7, 11) is 4.15. The molecule has 0 aromatic carbocycles. The number of rotatable bonds is 5. The molecule has 0 N–H and O–H groups in total. The molecular formula is C9H17BrN4. The van der Waals surface area contributed by atoms with Crippen molar-refractivity contribution < 1.29 is 0 Å². The smallest absolute Gasteiger partial charge is 0.0960 e. The van der Waals surface area contributed by atoms with Crippen LogP contribution in [0, 0.1) is 0 Å². The second-order valence-corrected chi connectivity index (χ2v) is 5.05. The van der Waals surface area contributed by atoms with E-state index >= 15 is 0 Å². The quantitative estimate of drug-likeness (QED) is 0.756. The van der Waals surface area contributed by atoms with Crippen molar-refractivity contribution in [1.29, 1.82) is 0 Å². The SMILES string of the molecule is CC(Br)c1cn(CCCN(C)C)nn1. The summed E-state index contributed by atoms with van der Waals surface area (Å²) in [6.07, 6.45) is 3.10. The molecule has 1 unspecified atom stereocenters. The first-order chi connectivity index (χ1) is 6.59. The van der Waals surface area contributed by atoms with Crippen LogP contribution in [0.2, 0.25) is 0 Å². The van der Waals surface area contributed by atoms with Crippen LogP contribution in [0.4, 0.5) is 0 Å². The maximum atomic E-state index is 4.07. The van der Waals surface area contributed by atoms with E-state index in [4.69, 9.17) is 0 Å². The fourth-order valence-electron chi connectivity index (χ4n) is 1.15. The Labute approximate surface area is 93.4 Å². The van der Waals surface area contributed by atoms with Crippen LogP contribution in [0.1, 0.15) is 23.9 Å². The van der Waals surface area contributed by atoms with Gasteiger partial charge in [-0.2, -0.15) is 0 Å². The van der Waals surface area contributed by atoms with E-state index in [1.165, 1.54) is 0 Å². The van der Waals surface area contributed by atoms with E-state index in [1.54, 1.807) is 0 Å². The van der Waals surface area contributed by atoms with Crippen LogP contribution in [-0.2, 0) is 6.54 Å². The average Bonchev–Trinajstić information content (AvgIpc) is 2.52. The maximum absolute atomic E-state index is 4.07. The van der Waals surface area contributed by atoms with Gasteiger partial charge >= 0.3 is 0 Å². The van der Waals surface area contributed by atoms with Crippen LogP contribution in [0.3, 0.4) is 0 Å². The molecule has 0 radical (unpaired) electrons. The molecule has 80 valence electrons.